The van der Waals surface area contributed by atoms with Gasteiger partial charge in [0.25, 0.3) is 5.91 Å². The topological polar surface area (TPSA) is 84.7 Å². The Morgan fingerprint density at radius 3 is 2.96 bits per heavy atom. The smallest absolute Gasteiger partial charge is 0.273 e. The summed E-state index contributed by atoms with van der Waals surface area (Å²) in [5.41, 5.74) is 2.49. The number of amides is 1. The largest absolute Gasteiger partial charge is 0.350 e. The molecule has 0 unspecified atom stereocenters. The number of aromatic nitrogens is 4. The molecule has 3 heterocycles. The van der Waals surface area contributed by atoms with Gasteiger partial charge in [-0.2, -0.15) is 0 Å². The first-order valence-electron chi connectivity index (χ1n) is 9.04. The predicted molar refractivity (Wildman–Crippen MR) is 98.9 cm³/mol. The number of nitrogens with one attached hydrogen (secondary N) is 2. The van der Waals surface area contributed by atoms with Crippen molar-refractivity contribution in [3.8, 4) is 0 Å². The van der Waals surface area contributed by atoms with Crippen LogP contribution in [0.15, 0.2) is 42.7 Å². The van der Waals surface area contributed by atoms with Crippen molar-refractivity contribution in [3.05, 3.63) is 54.0 Å². The van der Waals surface area contributed by atoms with Crippen LogP contribution in [0, 0.1) is 0 Å². The fourth-order valence-corrected chi connectivity index (χ4v) is 3.40. The van der Waals surface area contributed by atoms with E-state index in [2.05, 4.69) is 32.0 Å². The first kappa shape index (κ1) is 16.7. The van der Waals surface area contributed by atoms with Gasteiger partial charge in [-0.1, -0.05) is 29.5 Å². The zero-order chi connectivity index (χ0) is 17.8. The Kier molecular flexibility index (Phi) is 4.88. The quantitative estimate of drug-likeness (QED) is 0.732. The number of hydrogen-bond donors (Lipinski definition) is 2. The van der Waals surface area contributed by atoms with Gasteiger partial charge >= 0.3 is 0 Å². The van der Waals surface area contributed by atoms with E-state index in [9.17, 15) is 4.79 Å². The summed E-state index contributed by atoms with van der Waals surface area (Å²) in [5.74, 6) is -0.182. The average molecular weight is 350 g/mol. The molecule has 26 heavy (non-hydrogen) atoms. The number of pyridine rings is 1. The van der Waals surface area contributed by atoms with Crippen LogP contribution in [0.1, 0.15) is 34.9 Å². The fraction of sp³-hybridized carbons (Fsp3) is 0.368. The van der Waals surface area contributed by atoms with Crippen molar-refractivity contribution in [3.63, 3.8) is 0 Å². The first-order chi connectivity index (χ1) is 12.8. The molecule has 0 radical (unpaired) electrons. The third-order valence-corrected chi connectivity index (χ3v) is 4.82. The highest BCUT2D eigenvalue weighted by Gasteiger charge is 2.18. The van der Waals surface area contributed by atoms with Gasteiger partial charge in [0.05, 0.1) is 17.8 Å². The lowest BCUT2D eigenvalue weighted by molar-refractivity contribution is 0.0949. The van der Waals surface area contributed by atoms with E-state index in [4.69, 9.17) is 0 Å². The van der Waals surface area contributed by atoms with Gasteiger partial charge < -0.3 is 10.6 Å². The average Bonchev–Trinajstić information content (AvgIpc) is 3.19. The van der Waals surface area contributed by atoms with Crippen molar-refractivity contribution in [2.75, 3.05) is 19.6 Å². The summed E-state index contributed by atoms with van der Waals surface area (Å²) in [4.78, 5) is 16.8. The number of carbonyl (C=O) groups excluding carboxylic acids is 1. The van der Waals surface area contributed by atoms with Gasteiger partial charge in [0, 0.05) is 18.1 Å². The molecule has 0 atom stereocenters. The van der Waals surface area contributed by atoms with Crippen molar-refractivity contribution < 1.29 is 4.79 Å². The Labute approximate surface area is 151 Å². The third kappa shape index (κ3) is 3.57. The minimum atomic E-state index is -0.182. The Morgan fingerprint density at radius 1 is 1.23 bits per heavy atom. The second kappa shape index (κ2) is 7.61. The standard InChI is InChI=1S/C19H22N6O/c26-19(17-13-25(24-23-17)16-7-10-20-11-8-16)22-12-6-15-4-1-3-14-5-2-9-21-18(14)15/h1-5,9,13,16,20H,6-8,10-12H2,(H,22,26). The van der Waals surface area contributed by atoms with E-state index in [1.807, 2.05) is 28.9 Å². The molecule has 134 valence electrons. The number of benzene rings is 1. The van der Waals surface area contributed by atoms with Crippen LogP contribution in [0.3, 0.4) is 0 Å². The Balaban J connectivity index is 1.36. The second-order valence-corrected chi connectivity index (χ2v) is 6.56. The van der Waals surface area contributed by atoms with E-state index in [-0.39, 0.29) is 5.91 Å². The Morgan fingerprint density at radius 2 is 2.08 bits per heavy atom. The molecule has 7 heteroatoms. The maximum absolute atomic E-state index is 12.3. The van der Waals surface area contributed by atoms with Crippen molar-refractivity contribution in [2.45, 2.75) is 25.3 Å². The lowest BCUT2D eigenvalue weighted by Gasteiger charge is -2.22. The monoisotopic (exact) mass is 350 g/mol. The van der Waals surface area contributed by atoms with Crippen LogP contribution in [0.4, 0.5) is 0 Å². The summed E-state index contributed by atoms with van der Waals surface area (Å²) in [5, 5.41) is 15.5. The molecule has 1 amide bonds. The number of rotatable bonds is 5. The highest BCUT2D eigenvalue weighted by molar-refractivity contribution is 5.91. The molecule has 3 aromatic rings. The molecule has 1 saturated heterocycles. The summed E-state index contributed by atoms with van der Waals surface area (Å²) in [6, 6.07) is 10.4. The van der Waals surface area contributed by atoms with E-state index in [0.717, 1.165) is 48.8 Å². The molecule has 1 aliphatic rings. The molecule has 1 fully saturated rings. The molecular weight excluding hydrogens is 328 g/mol. The first-order valence-corrected chi connectivity index (χ1v) is 9.04. The van der Waals surface area contributed by atoms with Crippen LogP contribution < -0.4 is 10.6 Å². The van der Waals surface area contributed by atoms with E-state index in [1.165, 1.54) is 0 Å². The van der Waals surface area contributed by atoms with Crippen molar-refractivity contribution in [1.29, 1.82) is 0 Å². The zero-order valence-electron chi connectivity index (χ0n) is 14.6. The van der Waals surface area contributed by atoms with Crippen molar-refractivity contribution in [1.82, 2.24) is 30.6 Å². The molecule has 4 rings (SSSR count). The fourth-order valence-electron chi connectivity index (χ4n) is 3.40. The second-order valence-electron chi connectivity index (χ2n) is 6.56. The summed E-state index contributed by atoms with van der Waals surface area (Å²) < 4.78 is 1.82. The summed E-state index contributed by atoms with van der Waals surface area (Å²) in [6.45, 7) is 2.49. The molecule has 0 bridgehead atoms. The maximum Gasteiger partial charge on any atom is 0.273 e. The molecule has 0 spiro atoms. The summed E-state index contributed by atoms with van der Waals surface area (Å²) in [7, 11) is 0. The van der Waals surface area contributed by atoms with Crippen LogP contribution in [-0.2, 0) is 6.42 Å². The highest BCUT2D eigenvalue weighted by Crippen LogP contribution is 2.17. The van der Waals surface area contributed by atoms with E-state index in [0.29, 0.717) is 18.3 Å². The number of piperidine rings is 1. The van der Waals surface area contributed by atoms with Gasteiger partial charge in [-0.05, 0) is 44.0 Å². The number of para-hydroxylation sites is 1. The number of carbonyl (C=O) groups is 1. The SMILES string of the molecule is O=C(NCCc1cccc2cccnc12)c1cn(C2CCNCC2)nn1. The van der Waals surface area contributed by atoms with Crippen molar-refractivity contribution in [2.24, 2.45) is 0 Å². The highest BCUT2D eigenvalue weighted by atomic mass is 16.2. The van der Waals surface area contributed by atoms with Gasteiger partial charge in [-0.15, -0.1) is 5.10 Å². The maximum atomic E-state index is 12.3. The number of fused-ring (bicyclic) bond motifs is 1. The summed E-state index contributed by atoms with van der Waals surface area (Å²) >= 11 is 0. The summed E-state index contributed by atoms with van der Waals surface area (Å²) in [6.07, 6.45) is 6.30. The van der Waals surface area contributed by atoms with E-state index >= 15 is 0 Å². The minimum Gasteiger partial charge on any atom is -0.350 e. The van der Waals surface area contributed by atoms with Crippen molar-refractivity contribution >= 4 is 16.8 Å². The Bertz CT molecular complexity index is 894. The molecule has 0 aliphatic carbocycles. The predicted octanol–water partition coefficient (Wildman–Crippen LogP) is 1.72. The lowest BCUT2D eigenvalue weighted by atomic mass is 10.1. The third-order valence-electron chi connectivity index (χ3n) is 4.82. The van der Waals surface area contributed by atoms with Gasteiger partial charge in [0.1, 0.15) is 0 Å². The van der Waals surface area contributed by atoms with E-state index < -0.39 is 0 Å². The molecule has 2 N–H and O–H groups in total. The number of nitrogens with zero attached hydrogens (tertiary/aromatic N) is 4. The molecule has 2 aromatic heterocycles. The van der Waals surface area contributed by atoms with Gasteiger partial charge in [0.15, 0.2) is 5.69 Å². The molecule has 1 aromatic carbocycles. The Hall–Kier alpha value is -2.80. The molecule has 1 aliphatic heterocycles. The normalized spacial score (nSPS) is 15.2. The van der Waals surface area contributed by atoms with Gasteiger partial charge in [-0.25, -0.2) is 4.68 Å². The van der Waals surface area contributed by atoms with E-state index in [1.54, 1.807) is 12.4 Å². The van der Waals surface area contributed by atoms with Crippen LogP contribution in [0.25, 0.3) is 10.9 Å². The molecule has 7 nitrogen and oxygen atoms in total. The zero-order valence-corrected chi connectivity index (χ0v) is 14.6. The molecule has 0 saturated carbocycles. The lowest BCUT2D eigenvalue weighted by Crippen LogP contribution is -2.29. The van der Waals surface area contributed by atoms with Crippen LogP contribution >= 0.6 is 0 Å². The van der Waals surface area contributed by atoms with Gasteiger partial charge in [0.2, 0.25) is 0 Å². The minimum absolute atomic E-state index is 0.182. The van der Waals surface area contributed by atoms with Gasteiger partial charge in [-0.3, -0.25) is 9.78 Å². The van der Waals surface area contributed by atoms with Crippen LogP contribution in [0.2, 0.25) is 0 Å². The van der Waals surface area contributed by atoms with Crippen LogP contribution in [0.5, 0.6) is 0 Å². The van der Waals surface area contributed by atoms with Crippen LogP contribution in [-0.4, -0.2) is 45.5 Å². The molecular formula is C19H22N6O. The number of hydrogen-bond acceptors (Lipinski definition) is 5.